The average molecular weight is 384 g/mol. The van der Waals surface area contributed by atoms with Gasteiger partial charge in [0.25, 0.3) is 0 Å². The second-order valence-corrected chi connectivity index (χ2v) is 7.72. The van der Waals surface area contributed by atoms with Crippen LogP contribution < -0.4 is 4.72 Å². The molecule has 1 N–H and O–H groups in total. The van der Waals surface area contributed by atoms with E-state index in [0.717, 1.165) is 0 Å². The maximum Gasteiger partial charge on any atom is 0.390 e. The maximum absolute atomic E-state index is 12.5. The zero-order chi connectivity index (χ0) is 18.7. The van der Waals surface area contributed by atoms with Gasteiger partial charge in [0.05, 0.1) is 12.2 Å². The number of halogens is 3. The van der Waals surface area contributed by atoms with Crippen LogP contribution in [-0.4, -0.2) is 53.9 Å². The summed E-state index contributed by atoms with van der Waals surface area (Å²) in [5.74, 6) is -1.000. The lowest BCUT2D eigenvalue weighted by molar-refractivity contribution is -0.133. The Morgan fingerprint density at radius 1 is 1.36 bits per heavy atom. The van der Waals surface area contributed by atoms with Crippen LogP contribution >= 0.6 is 0 Å². The van der Waals surface area contributed by atoms with Crippen LogP contribution in [0.3, 0.4) is 0 Å². The fourth-order valence-corrected chi connectivity index (χ4v) is 3.73. The molecule has 2 heterocycles. The van der Waals surface area contributed by atoms with Gasteiger partial charge in [-0.2, -0.15) is 18.2 Å². The van der Waals surface area contributed by atoms with Crippen LogP contribution in [0.2, 0.25) is 0 Å². The predicted molar refractivity (Wildman–Crippen MR) is 79.7 cm³/mol. The zero-order valence-electron chi connectivity index (χ0n) is 13.5. The zero-order valence-corrected chi connectivity index (χ0v) is 14.4. The quantitative estimate of drug-likeness (QED) is 0.788. The van der Waals surface area contributed by atoms with Crippen LogP contribution in [-0.2, 0) is 21.4 Å². The van der Waals surface area contributed by atoms with E-state index in [2.05, 4.69) is 14.9 Å². The van der Waals surface area contributed by atoms with Crippen LogP contribution in [0, 0.1) is 6.92 Å². The topological polar surface area (TPSA) is 105 Å². The predicted octanol–water partition coefficient (Wildman–Crippen LogP) is 1.13. The summed E-state index contributed by atoms with van der Waals surface area (Å²) in [6.07, 6.45) is -4.61. The molecule has 1 aliphatic heterocycles. The first-order valence-electron chi connectivity index (χ1n) is 7.70. The van der Waals surface area contributed by atoms with Crippen molar-refractivity contribution in [1.29, 1.82) is 0 Å². The highest BCUT2D eigenvalue weighted by atomic mass is 32.2. The molecule has 1 aromatic heterocycles. The molecule has 1 atom stereocenters. The molecule has 1 saturated heterocycles. The largest absolute Gasteiger partial charge is 0.390 e. The molecule has 12 heteroatoms. The van der Waals surface area contributed by atoms with Gasteiger partial charge in [-0.15, -0.1) is 0 Å². The summed E-state index contributed by atoms with van der Waals surface area (Å²) in [7, 11) is -4.22. The molecule has 8 nitrogen and oxygen atoms in total. The van der Waals surface area contributed by atoms with Crippen molar-refractivity contribution in [2.24, 2.45) is 0 Å². The van der Waals surface area contributed by atoms with Crippen LogP contribution in [0.1, 0.15) is 37.4 Å². The second kappa shape index (κ2) is 7.68. The van der Waals surface area contributed by atoms with Crippen molar-refractivity contribution in [2.75, 3.05) is 12.3 Å². The molecule has 1 amide bonds. The molecule has 0 radical (unpaired) electrons. The highest BCUT2D eigenvalue weighted by Crippen LogP contribution is 2.21. The van der Waals surface area contributed by atoms with E-state index in [9.17, 15) is 26.4 Å². The third kappa shape index (κ3) is 6.27. The summed E-state index contributed by atoms with van der Waals surface area (Å²) in [5, 5.41) is 3.61. The smallest absolute Gasteiger partial charge is 0.337 e. The number of nitrogens with zero attached hydrogens (tertiary/aromatic N) is 3. The Morgan fingerprint density at radius 2 is 2.08 bits per heavy atom. The Morgan fingerprint density at radius 3 is 2.68 bits per heavy atom. The van der Waals surface area contributed by atoms with Gasteiger partial charge in [-0.1, -0.05) is 5.16 Å². The van der Waals surface area contributed by atoms with Crippen molar-refractivity contribution in [3.8, 4) is 0 Å². The second-order valence-electron chi connectivity index (χ2n) is 5.85. The molecule has 0 aliphatic carbocycles. The molecule has 1 aromatic rings. The number of carbonyl (C=O) groups excluding carboxylic acids is 1. The van der Waals surface area contributed by atoms with Gasteiger partial charge in [-0.25, -0.2) is 13.1 Å². The van der Waals surface area contributed by atoms with Gasteiger partial charge in [-0.3, -0.25) is 4.79 Å². The monoisotopic (exact) mass is 384 g/mol. The van der Waals surface area contributed by atoms with Crippen molar-refractivity contribution >= 4 is 15.9 Å². The van der Waals surface area contributed by atoms with E-state index in [4.69, 9.17) is 4.52 Å². The maximum atomic E-state index is 12.5. The number of rotatable bonds is 6. The number of alkyl halides is 3. The normalized spacial score (nSPS) is 19.9. The Bertz CT molecular complexity index is 704. The van der Waals surface area contributed by atoms with Crippen molar-refractivity contribution in [1.82, 2.24) is 19.8 Å². The average Bonchev–Trinajstić information content (AvgIpc) is 2.83. The number of carbonyl (C=O) groups is 1. The fourth-order valence-electron chi connectivity index (χ4n) is 2.46. The highest BCUT2D eigenvalue weighted by Gasteiger charge is 2.34. The minimum Gasteiger partial charge on any atom is -0.337 e. The molecule has 1 fully saturated rings. The Balaban J connectivity index is 2.02. The van der Waals surface area contributed by atoms with Crippen molar-refractivity contribution < 1.29 is 30.9 Å². The van der Waals surface area contributed by atoms with E-state index in [1.54, 1.807) is 6.92 Å². The molecule has 1 aliphatic rings. The number of likely N-dealkylation sites (tertiary alicyclic amines) is 1. The van der Waals surface area contributed by atoms with Crippen LogP contribution in [0.15, 0.2) is 4.52 Å². The molecule has 0 aromatic carbocycles. The molecular weight excluding hydrogens is 365 g/mol. The molecule has 0 saturated carbocycles. The van der Waals surface area contributed by atoms with Gasteiger partial charge < -0.3 is 9.42 Å². The third-order valence-corrected chi connectivity index (χ3v) is 5.04. The summed E-state index contributed by atoms with van der Waals surface area (Å²) >= 11 is 0. The molecule has 0 bridgehead atoms. The standard InChI is InChI=1S/C13H19F3N4O4S/c1-9-17-11(24-18-9)8-20-6-3-2-4-10(12(20)21)19-25(22,23)7-5-13(14,15)16/h10,19H,2-8H2,1H3. The molecule has 142 valence electrons. The summed E-state index contributed by atoms with van der Waals surface area (Å²) in [6.45, 7) is 2.02. The summed E-state index contributed by atoms with van der Waals surface area (Å²) in [4.78, 5) is 17.9. The van der Waals surface area contributed by atoms with E-state index in [1.165, 1.54) is 4.90 Å². The Hall–Kier alpha value is -1.69. The van der Waals surface area contributed by atoms with Gasteiger partial charge in [0.2, 0.25) is 21.8 Å². The summed E-state index contributed by atoms with van der Waals surface area (Å²) < 4.78 is 67.4. The first-order chi connectivity index (χ1) is 11.6. The van der Waals surface area contributed by atoms with Gasteiger partial charge >= 0.3 is 6.18 Å². The van der Waals surface area contributed by atoms with Crippen LogP contribution in [0.4, 0.5) is 13.2 Å². The van der Waals surface area contributed by atoms with Crippen molar-refractivity contribution in [3.63, 3.8) is 0 Å². The SMILES string of the molecule is Cc1noc(CN2CCCCC(NS(=O)(=O)CCC(F)(F)F)C2=O)n1. The van der Waals surface area contributed by atoms with Gasteiger partial charge in [0.1, 0.15) is 12.6 Å². The first kappa shape index (κ1) is 19.6. The van der Waals surface area contributed by atoms with E-state index in [1.807, 2.05) is 0 Å². The number of sulfonamides is 1. The van der Waals surface area contributed by atoms with Crippen molar-refractivity contribution in [3.05, 3.63) is 11.7 Å². The first-order valence-corrected chi connectivity index (χ1v) is 9.36. The molecule has 2 rings (SSSR count). The molecule has 1 unspecified atom stereocenters. The lowest BCUT2D eigenvalue weighted by atomic mass is 10.1. The van der Waals surface area contributed by atoms with E-state index in [-0.39, 0.29) is 18.9 Å². The number of nitrogens with one attached hydrogen (secondary N) is 1. The number of hydrogen-bond acceptors (Lipinski definition) is 6. The molecule has 25 heavy (non-hydrogen) atoms. The molecular formula is C13H19F3N4O4S. The third-order valence-electron chi connectivity index (χ3n) is 3.65. The Labute approximate surface area is 142 Å². The van der Waals surface area contributed by atoms with Crippen LogP contribution in [0.5, 0.6) is 0 Å². The van der Waals surface area contributed by atoms with E-state index < -0.39 is 40.3 Å². The summed E-state index contributed by atoms with van der Waals surface area (Å²) in [5.41, 5.74) is 0. The lowest BCUT2D eigenvalue weighted by Gasteiger charge is -2.23. The lowest BCUT2D eigenvalue weighted by Crippen LogP contribution is -2.48. The fraction of sp³-hybridized carbons (Fsp3) is 0.769. The van der Waals surface area contributed by atoms with Crippen LogP contribution in [0.25, 0.3) is 0 Å². The van der Waals surface area contributed by atoms with Crippen molar-refractivity contribution in [2.45, 2.75) is 51.4 Å². The van der Waals surface area contributed by atoms with Gasteiger partial charge in [-0.05, 0) is 26.2 Å². The Kier molecular flexibility index (Phi) is 6.03. The number of hydrogen-bond donors (Lipinski definition) is 1. The number of aryl methyl sites for hydroxylation is 1. The van der Waals surface area contributed by atoms with Gasteiger partial charge in [0, 0.05) is 6.54 Å². The highest BCUT2D eigenvalue weighted by molar-refractivity contribution is 7.89. The minimum absolute atomic E-state index is 0.0282. The van der Waals surface area contributed by atoms with Gasteiger partial charge in [0.15, 0.2) is 5.82 Å². The minimum atomic E-state index is -4.58. The van der Waals surface area contributed by atoms with E-state index in [0.29, 0.717) is 25.2 Å². The number of amides is 1. The molecule has 0 spiro atoms. The number of aromatic nitrogens is 2. The van der Waals surface area contributed by atoms with E-state index >= 15 is 0 Å². The summed E-state index contributed by atoms with van der Waals surface area (Å²) in [6, 6.07) is -1.09.